The van der Waals surface area contributed by atoms with Crippen molar-refractivity contribution < 1.29 is 14.4 Å². The van der Waals surface area contributed by atoms with Gasteiger partial charge in [0.2, 0.25) is 11.8 Å². The van der Waals surface area contributed by atoms with E-state index in [2.05, 4.69) is 14.9 Å². The summed E-state index contributed by atoms with van der Waals surface area (Å²) in [4.78, 5) is 50.3. The molecule has 0 spiro atoms. The number of hydrogen-bond donors (Lipinski definition) is 1. The zero-order chi connectivity index (χ0) is 33.7. The van der Waals surface area contributed by atoms with E-state index in [4.69, 9.17) is 0 Å². The van der Waals surface area contributed by atoms with Gasteiger partial charge in [-0.2, -0.15) is 0 Å². The van der Waals surface area contributed by atoms with Gasteiger partial charge in [0.15, 0.2) is 0 Å². The molecule has 7 rings (SSSR count). The van der Waals surface area contributed by atoms with Crippen molar-refractivity contribution in [2.45, 2.75) is 35.7 Å². The predicted octanol–water partition coefficient (Wildman–Crippen LogP) is 6.17. The molecule has 0 bridgehead atoms. The number of fused-ring (bicyclic) bond motifs is 1. The Kier molecular flexibility index (Phi) is 9.86. The molecule has 2 aliphatic heterocycles. The number of hydrogen-bond acceptors (Lipinski definition) is 6. The molecule has 3 atom stereocenters. The van der Waals surface area contributed by atoms with Crippen molar-refractivity contribution in [1.82, 2.24) is 24.7 Å². The van der Waals surface area contributed by atoms with E-state index in [1.54, 1.807) is 46.6 Å². The first-order valence-corrected chi connectivity index (χ1v) is 18.5. The van der Waals surface area contributed by atoms with Gasteiger partial charge in [0, 0.05) is 54.8 Å². The molecule has 0 aliphatic carbocycles. The Morgan fingerprint density at radius 1 is 0.898 bits per heavy atom. The van der Waals surface area contributed by atoms with Crippen LogP contribution >= 0.6 is 23.5 Å². The van der Waals surface area contributed by atoms with Crippen LogP contribution < -0.4 is 5.32 Å². The number of amides is 3. The van der Waals surface area contributed by atoms with Crippen molar-refractivity contribution in [2.24, 2.45) is 0 Å². The van der Waals surface area contributed by atoms with Gasteiger partial charge in [0.05, 0.1) is 17.5 Å². The van der Waals surface area contributed by atoms with Crippen LogP contribution in [-0.2, 0) is 21.8 Å². The second-order valence-corrected chi connectivity index (χ2v) is 14.3. The molecule has 2 aromatic heterocycles. The number of pyridine rings is 1. The number of likely N-dealkylation sites (N-methyl/N-ethyl adjacent to an activating group) is 1. The quantitative estimate of drug-likeness (QED) is 0.189. The standard InChI is InChI=1S/C39H37N5O3S2/c1-42(35(28-14-7-3-8-15-28)29-16-9-4-10-17-29)38(47)32(22-27-12-5-2-6-13-27)41-36(45)34-24-48-26-44(34)37(46)31-19-21-43-33(31)25-49-39(43)30-18-11-20-40-23-30/h2-21,23,32,34-35,39H,22,24-26H2,1H3,(H,41,45). The van der Waals surface area contributed by atoms with Crippen molar-refractivity contribution in [2.75, 3.05) is 18.7 Å². The van der Waals surface area contributed by atoms with Gasteiger partial charge in [0.25, 0.3) is 5.91 Å². The van der Waals surface area contributed by atoms with Gasteiger partial charge in [0.1, 0.15) is 17.5 Å². The average molecular weight is 688 g/mol. The minimum atomic E-state index is -0.840. The van der Waals surface area contributed by atoms with Crippen molar-refractivity contribution >= 4 is 41.2 Å². The summed E-state index contributed by atoms with van der Waals surface area (Å²) >= 11 is 3.30. The number of aromatic nitrogens is 2. The van der Waals surface area contributed by atoms with Crippen molar-refractivity contribution in [1.29, 1.82) is 0 Å². The highest BCUT2D eigenvalue weighted by Gasteiger charge is 2.40. The second-order valence-electron chi connectivity index (χ2n) is 12.2. The molecule has 10 heteroatoms. The van der Waals surface area contributed by atoms with E-state index in [9.17, 15) is 14.4 Å². The summed E-state index contributed by atoms with van der Waals surface area (Å²) in [6.45, 7) is 0. The fourth-order valence-corrected chi connectivity index (χ4v) is 9.14. The van der Waals surface area contributed by atoms with Crippen LogP contribution in [-0.4, -0.2) is 67.8 Å². The lowest BCUT2D eigenvalue weighted by atomic mass is 9.96. The molecule has 5 aromatic rings. The van der Waals surface area contributed by atoms with E-state index in [0.29, 0.717) is 29.4 Å². The maximum atomic E-state index is 14.5. The normalized spacial score (nSPS) is 17.5. The van der Waals surface area contributed by atoms with Crippen LogP contribution in [0.1, 0.15) is 49.7 Å². The van der Waals surface area contributed by atoms with E-state index < -0.39 is 12.1 Å². The summed E-state index contributed by atoms with van der Waals surface area (Å²) in [5, 5.41) is 3.15. The van der Waals surface area contributed by atoms with Gasteiger partial charge in [-0.1, -0.05) is 97.1 Å². The molecule has 49 heavy (non-hydrogen) atoms. The molecular weight excluding hydrogens is 651 g/mol. The molecule has 2 aliphatic rings. The lowest BCUT2D eigenvalue weighted by Crippen LogP contribution is -2.55. The molecule has 1 saturated heterocycles. The lowest BCUT2D eigenvalue weighted by Gasteiger charge is -2.33. The van der Waals surface area contributed by atoms with Crippen LogP contribution in [0.25, 0.3) is 0 Å². The summed E-state index contributed by atoms with van der Waals surface area (Å²) in [6, 6.07) is 33.5. The largest absolute Gasteiger partial charge is 0.342 e. The Hall–Kier alpha value is -4.80. The van der Waals surface area contributed by atoms with Gasteiger partial charge in [-0.25, -0.2) is 0 Å². The highest BCUT2D eigenvalue weighted by atomic mass is 32.2. The number of thioether (sulfide) groups is 2. The monoisotopic (exact) mass is 687 g/mol. The van der Waals surface area contributed by atoms with Crippen LogP contribution in [0, 0.1) is 0 Å². The topological polar surface area (TPSA) is 87.5 Å². The number of nitrogens with zero attached hydrogens (tertiary/aromatic N) is 4. The fraction of sp³-hybridized carbons (Fsp3) is 0.231. The van der Waals surface area contributed by atoms with E-state index in [-0.39, 0.29) is 29.1 Å². The summed E-state index contributed by atoms with van der Waals surface area (Å²) < 4.78 is 2.13. The zero-order valence-corrected chi connectivity index (χ0v) is 28.7. The van der Waals surface area contributed by atoms with Crippen LogP contribution in [0.5, 0.6) is 0 Å². The number of benzene rings is 3. The maximum Gasteiger partial charge on any atom is 0.257 e. The molecule has 0 radical (unpaired) electrons. The zero-order valence-electron chi connectivity index (χ0n) is 27.1. The Bertz CT molecular complexity index is 1870. The Morgan fingerprint density at radius 3 is 2.22 bits per heavy atom. The van der Waals surface area contributed by atoms with Crippen molar-refractivity contribution in [3.05, 3.63) is 161 Å². The van der Waals surface area contributed by atoms with Gasteiger partial charge in [-0.3, -0.25) is 19.4 Å². The molecular formula is C39H37N5O3S2. The van der Waals surface area contributed by atoms with Gasteiger partial charge < -0.3 is 19.7 Å². The number of nitrogens with one attached hydrogen (secondary N) is 1. The smallest absolute Gasteiger partial charge is 0.257 e. The molecule has 1 fully saturated rings. The van der Waals surface area contributed by atoms with Crippen molar-refractivity contribution in [3.63, 3.8) is 0 Å². The molecule has 3 unspecified atom stereocenters. The van der Waals surface area contributed by atoms with Crippen LogP contribution in [0.3, 0.4) is 0 Å². The summed E-state index contributed by atoms with van der Waals surface area (Å²) in [5.74, 6) is 0.858. The van der Waals surface area contributed by atoms with Crippen LogP contribution in [0.15, 0.2) is 128 Å². The molecule has 3 aromatic carbocycles. The first kappa shape index (κ1) is 32.7. The third-order valence-electron chi connectivity index (χ3n) is 9.16. The maximum absolute atomic E-state index is 14.5. The third kappa shape index (κ3) is 6.89. The predicted molar refractivity (Wildman–Crippen MR) is 195 cm³/mol. The molecule has 248 valence electrons. The van der Waals surface area contributed by atoms with E-state index in [1.165, 1.54) is 0 Å². The highest BCUT2D eigenvalue weighted by molar-refractivity contribution is 7.99. The summed E-state index contributed by atoms with van der Waals surface area (Å²) in [7, 11) is 1.79. The van der Waals surface area contributed by atoms with Crippen molar-refractivity contribution in [3.8, 4) is 0 Å². The summed E-state index contributed by atoms with van der Waals surface area (Å²) in [5.41, 5.74) is 5.53. The SMILES string of the molecule is CN(C(=O)C(Cc1ccccc1)NC(=O)C1CSCN1C(=O)c1ccn2c1CSC2c1cccnc1)C(c1ccccc1)c1ccccc1. The van der Waals surface area contributed by atoms with Gasteiger partial charge in [-0.15, -0.1) is 23.5 Å². The second kappa shape index (κ2) is 14.8. The van der Waals surface area contributed by atoms with Gasteiger partial charge in [-0.05, 0) is 28.8 Å². The van der Waals surface area contributed by atoms with E-state index in [1.807, 2.05) is 122 Å². The first-order valence-electron chi connectivity index (χ1n) is 16.3. The lowest BCUT2D eigenvalue weighted by molar-refractivity contribution is -0.137. The number of carbonyl (C=O) groups excluding carboxylic acids is 3. The average Bonchev–Trinajstić information content (AvgIpc) is 3.91. The molecule has 3 amide bonds. The Balaban J connectivity index is 1.13. The van der Waals surface area contributed by atoms with Crippen LogP contribution in [0.4, 0.5) is 0 Å². The van der Waals surface area contributed by atoms with Crippen LogP contribution in [0.2, 0.25) is 0 Å². The molecule has 1 N–H and O–H groups in total. The minimum Gasteiger partial charge on any atom is -0.342 e. The molecule has 0 saturated carbocycles. The highest BCUT2D eigenvalue weighted by Crippen LogP contribution is 2.42. The molecule has 8 nitrogen and oxygen atoms in total. The minimum absolute atomic E-state index is 0.0506. The number of rotatable bonds is 10. The number of carbonyl (C=O) groups is 3. The third-order valence-corrected chi connectivity index (χ3v) is 11.4. The van der Waals surface area contributed by atoms with E-state index in [0.717, 1.165) is 27.9 Å². The first-order chi connectivity index (χ1) is 24.0. The van der Waals surface area contributed by atoms with E-state index >= 15 is 0 Å². The summed E-state index contributed by atoms with van der Waals surface area (Å²) in [6.07, 6.45) is 5.89. The van der Waals surface area contributed by atoms with Gasteiger partial charge >= 0.3 is 0 Å². The molecule has 4 heterocycles. The fourth-order valence-electron chi connectivity index (χ4n) is 6.68. The Labute approximate surface area is 294 Å². The Morgan fingerprint density at radius 2 is 1.57 bits per heavy atom.